The summed E-state index contributed by atoms with van der Waals surface area (Å²) in [6.45, 7) is 11.3. The lowest BCUT2D eigenvalue weighted by Crippen LogP contribution is -2.21. The van der Waals surface area contributed by atoms with E-state index in [0.717, 1.165) is 0 Å². The fourth-order valence-corrected chi connectivity index (χ4v) is 2.40. The minimum Gasteiger partial charge on any atom is -0.270 e. The topological polar surface area (TPSA) is 72.8 Å². The molecule has 0 spiro atoms. The molecule has 0 saturated carbocycles. The molecule has 0 aromatic rings. The van der Waals surface area contributed by atoms with Gasteiger partial charge in [0.25, 0.3) is 10.1 Å². The highest BCUT2D eigenvalue weighted by atomic mass is 32.2. The first-order valence-corrected chi connectivity index (χ1v) is 8.83. The number of rotatable bonds is 6. The number of hydrogen-bond donors (Lipinski definition) is 0. The Morgan fingerprint density at radius 1 is 1.16 bits per heavy atom. The molecule has 7 heteroatoms. The van der Waals surface area contributed by atoms with Gasteiger partial charge in [0.05, 0.1) is 17.1 Å². The molecule has 0 heterocycles. The minimum absolute atomic E-state index is 0.145. The number of nitrogens with zero attached hydrogens (tertiary/aromatic N) is 1. The van der Waals surface area contributed by atoms with Crippen molar-refractivity contribution in [3.63, 3.8) is 0 Å². The van der Waals surface area contributed by atoms with Gasteiger partial charge in [-0.05, 0) is 32.6 Å². The monoisotopic (exact) mass is 311 g/mol. The van der Waals surface area contributed by atoms with Crippen LogP contribution < -0.4 is 0 Å². The van der Waals surface area contributed by atoms with E-state index in [4.69, 9.17) is 4.18 Å². The Bertz CT molecular complexity index is 428. The molecule has 0 rings (SSSR count). The lowest BCUT2D eigenvalue weighted by molar-refractivity contribution is 0.203. The van der Waals surface area contributed by atoms with Crippen LogP contribution in [0.3, 0.4) is 0 Å². The van der Waals surface area contributed by atoms with Crippen molar-refractivity contribution in [1.29, 1.82) is 0 Å². The molecular weight excluding hydrogens is 286 g/mol. The predicted molar refractivity (Wildman–Crippen MR) is 80.2 cm³/mol. The van der Waals surface area contributed by atoms with Gasteiger partial charge in [0.1, 0.15) is 11.0 Å². The van der Waals surface area contributed by atoms with Gasteiger partial charge < -0.3 is 0 Å². The molecule has 0 aromatic heterocycles. The maximum absolute atomic E-state index is 11.6. The van der Waals surface area contributed by atoms with Crippen LogP contribution in [0.15, 0.2) is 4.40 Å². The van der Waals surface area contributed by atoms with Gasteiger partial charge in [-0.25, -0.2) is 4.21 Å². The molecule has 19 heavy (non-hydrogen) atoms. The highest BCUT2D eigenvalue weighted by molar-refractivity contribution is 7.86. The summed E-state index contributed by atoms with van der Waals surface area (Å²) >= 11 is 0. The maximum Gasteiger partial charge on any atom is 0.267 e. The Hall–Kier alpha value is -0.270. The predicted octanol–water partition coefficient (Wildman–Crippen LogP) is 2.30. The van der Waals surface area contributed by atoms with Gasteiger partial charge in [0, 0.05) is 6.21 Å². The van der Waals surface area contributed by atoms with Crippen LogP contribution in [0.25, 0.3) is 0 Å². The van der Waals surface area contributed by atoms with E-state index in [9.17, 15) is 12.6 Å². The molecule has 5 nitrogen and oxygen atoms in total. The second-order valence-corrected chi connectivity index (χ2v) is 10.2. The van der Waals surface area contributed by atoms with E-state index in [1.54, 1.807) is 0 Å². The normalized spacial score (nSPS) is 15.9. The summed E-state index contributed by atoms with van der Waals surface area (Å²) < 4.78 is 43.0. The summed E-state index contributed by atoms with van der Waals surface area (Å²) in [4.78, 5) is 0. The Kier molecular flexibility index (Phi) is 6.85. The van der Waals surface area contributed by atoms with Crippen LogP contribution in [-0.2, 0) is 25.3 Å². The zero-order valence-electron chi connectivity index (χ0n) is 12.6. The molecule has 0 saturated heterocycles. The Morgan fingerprint density at radius 3 is 2.11 bits per heavy atom. The van der Waals surface area contributed by atoms with E-state index >= 15 is 0 Å². The van der Waals surface area contributed by atoms with Crippen molar-refractivity contribution >= 4 is 27.3 Å². The van der Waals surface area contributed by atoms with Gasteiger partial charge in [0.2, 0.25) is 0 Å². The summed E-state index contributed by atoms with van der Waals surface area (Å²) in [6, 6.07) is 0. The van der Waals surface area contributed by atoms with Gasteiger partial charge in [-0.2, -0.15) is 12.8 Å². The van der Waals surface area contributed by atoms with Crippen molar-refractivity contribution < 1.29 is 16.8 Å². The molecule has 1 atom stereocenters. The van der Waals surface area contributed by atoms with Crippen LogP contribution in [0.2, 0.25) is 0 Å². The molecule has 0 bridgehead atoms. The van der Waals surface area contributed by atoms with Crippen LogP contribution in [0.1, 0.15) is 48.0 Å². The van der Waals surface area contributed by atoms with Crippen molar-refractivity contribution in [2.75, 3.05) is 12.4 Å². The highest BCUT2D eigenvalue weighted by Gasteiger charge is 2.19. The van der Waals surface area contributed by atoms with Gasteiger partial charge in [0.15, 0.2) is 0 Å². The molecule has 0 aliphatic carbocycles. The largest absolute Gasteiger partial charge is 0.270 e. The van der Waals surface area contributed by atoms with E-state index in [1.807, 2.05) is 41.5 Å². The number of hydrogen-bond acceptors (Lipinski definition) is 4. The van der Waals surface area contributed by atoms with Crippen LogP contribution in [-0.4, -0.2) is 35.9 Å². The van der Waals surface area contributed by atoms with Gasteiger partial charge >= 0.3 is 0 Å². The third kappa shape index (κ3) is 10.2. The van der Waals surface area contributed by atoms with Gasteiger partial charge in [-0.15, -0.1) is 0 Å². The second-order valence-electron chi connectivity index (χ2n) is 6.52. The van der Waals surface area contributed by atoms with Crippen molar-refractivity contribution in [2.45, 2.75) is 52.7 Å². The van der Waals surface area contributed by atoms with Crippen LogP contribution >= 0.6 is 0 Å². The molecule has 0 amide bonds. The van der Waals surface area contributed by atoms with E-state index in [1.165, 1.54) is 6.21 Å². The van der Waals surface area contributed by atoms with Crippen LogP contribution in [0.5, 0.6) is 0 Å². The van der Waals surface area contributed by atoms with E-state index in [-0.39, 0.29) is 24.2 Å². The average molecular weight is 311 g/mol. The zero-order chi connectivity index (χ0) is 15.3. The molecule has 0 aliphatic heterocycles. The van der Waals surface area contributed by atoms with Crippen molar-refractivity contribution in [1.82, 2.24) is 0 Å². The Labute approximate surface area is 119 Å². The molecular formula is C12H25NO4S2. The lowest BCUT2D eigenvalue weighted by Gasteiger charge is -2.17. The molecule has 1 unspecified atom stereocenters. The molecule has 0 radical (unpaired) electrons. The summed E-state index contributed by atoms with van der Waals surface area (Å²) in [7, 11) is -4.89. The second kappa shape index (κ2) is 6.95. The Morgan fingerprint density at radius 2 is 1.68 bits per heavy atom. The highest BCUT2D eigenvalue weighted by Crippen LogP contribution is 2.15. The lowest BCUT2D eigenvalue weighted by atomic mass is 9.99. The van der Waals surface area contributed by atoms with Gasteiger partial charge in [-0.3, -0.25) is 4.18 Å². The summed E-state index contributed by atoms with van der Waals surface area (Å²) in [6.07, 6.45) is 1.59. The maximum atomic E-state index is 11.6. The van der Waals surface area contributed by atoms with Crippen molar-refractivity contribution in [2.24, 2.45) is 9.81 Å². The molecule has 114 valence electrons. The molecule has 0 aromatic carbocycles. The average Bonchev–Trinajstić information content (AvgIpc) is 2.19. The first kappa shape index (κ1) is 18.7. The standard InChI is InChI=1S/C12H25NO4S2/c1-11(2,3)10-17-19(15,16)9-7-8-13-18(14)12(4,5)6/h8H,7,9-10H2,1-6H3/b13-8+. The van der Waals surface area contributed by atoms with Crippen molar-refractivity contribution in [3.05, 3.63) is 0 Å². The van der Waals surface area contributed by atoms with E-state index in [0.29, 0.717) is 0 Å². The first-order valence-electron chi connectivity index (χ1n) is 6.15. The summed E-state index contributed by atoms with van der Waals surface area (Å²) in [5.74, 6) is -0.145. The smallest absolute Gasteiger partial charge is 0.267 e. The minimum atomic E-state index is -3.54. The Balaban J connectivity index is 4.21. The van der Waals surface area contributed by atoms with Crippen LogP contribution in [0.4, 0.5) is 0 Å². The SMILES string of the molecule is CC(C)(C)COS(=O)(=O)CC/C=N/S(=O)C(C)(C)C. The summed E-state index contributed by atoms with van der Waals surface area (Å²) in [5, 5.41) is 0. The van der Waals surface area contributed by atoms with Crippen LogP contribution in [0, 0.1) is 5.41 Å². The van der Waals surface area contributed by atoms with Crippen molar-refractivity contribution in [3.8, 4) is 0 Å². The van der Waals surface area contributed by atoms with Gasteiger partial charge in [-0.1, -0.05) is 20.8 Å². The third-order valence-electron chi connectivity index (χ3n) is 1.86. The fraction of sp³-hybridized carbons (Fsp3) is 0.917. The quantitative estimate of drug-likeness (QED) is 0.557. The summed E-state index contributed by atoms with van der Waals surface area (Å²) in [5.41, 5.74) is -0.200. The zero-order valence-corrected chi connectivity index (χ0v) is 14.2. The van der Waals surface area contributed by atoms with E-state index < -0.39 is 25.9 Å². The first-order chi connectivity index (χ1) is 8.33. The fourth-order valence-electron chi connectivity index (χ4n) is 0.801. The molecule has 0 aliphatic rings. The van der Waals surface area contributed by atoms with E-state index in [2.05, 4.69) is 4.40 Å². The molecule has 0 N–H and O–H groups in total. The molecule has 0 fully saturated rings. The third-order valence-corrected chi connectivity index (χ3v) is 4.46.